The molecular formula is C48H53B23O. The highest BCUT2D eigenvalue weighted by molar-refractivity contribution is 6.75. The molecule has 0 aliphatic heterocycles. The van der Waals surface area contributed by atoms with Crippen LogP contribution in [0.2, 0.25) is 0 Å². The predicted molar refractivity (Wildman–Crippen MR) is 396 cm³/mol. The molecule has 1 nitrogen and oxygen atoms in total. The van der Waals surface area contributed by atoms with Crippen molar-refractivity contribution in [2.75, 3.05) is 0 Å². The fraction of sp³-hybridized carbons (Fsp3) is 0. The summed E-state index contributed by atoms with van der Waals surface area (Å²) < 4.78 is 6.94. The van der Waals surface area contributed by atoms with Gasteiger partial charge >= 0.3 is 0 Å². The highest BCUT2D eigenvalue weighted by Gasteiger charge is 2.31. The van der Waals surface area contributed by atoms with Crippen molar-refractivity contribution in [2.24, 2.45) is 0 Å². The standard InChI is InChI=1S/C48H53B23O/c49-24-11(10-7-3-5-8-4-1-2-6-9(8)10)26(51)38(63)35(60)18(24)12-14-16(29(54)41(66)39(64)27(14)52)13(17-15(12)28(53)40(65)42(67)30(17)55)19-31(56)33(58)21(34(59)32(19)57)20-25(50)22-23-37(62)43(68)44(69)46(71)48(23)72-47(22)45(70)36(20)61/h1-7H,49-71H2. The molecule has 0 aliphatic rings. The Kier molecular flexibility index (Phi) is 12.4. The summed E-state index contributed by atoms with van der Waals surface area (Å²) in [5.41, 5.74) is 44.1. The van der Waals surface area contributed by atoms with Gasteiger partial charge in [0.2, 0.25) is 0 Å². The molecule has 72 heavy (non-hydrogen) atoms. The second kappa shape index (κ2) is 17.6. The minimum absolute atomic E-state index is 1.03. The third-order valence-electron chi connectivity index (χ3n) is 19.8. The van der Waals surface area contributed by atoms with E-state index in [0.29, 0.717) is 0 Å². The van der Waals surface area contributed by atoms with Crippen LogP contribution in [0.1, 0.15) is 0 Å². The van der Waals surface area contributed by atoms with E-state index in [2.05, 4.69) is 223 Å². The van der Waals surface area contributed by atoms with Gasteiger partial charge < -0.3 is 4.42 Å². The Morgan fingerprint density at radius 3 is 0.972 bits per heavy atom. The zero-order chi connectivity index (χ0) is 52.3. The Bertz CT molecular complexity index is 4080. The maximum atomic E-state index is 6.94. The fourth-order valence-electron chi connectivity index (χ4n) is 14.0. The molecule has 0 atom stereocenters. The normalized spacial score (nSPS) is 11.8. The Morgan fingerprint density at radius 2 is 0.500 bits per heavy atom. The maximum absolute atomic E-state index is 6.94. The van der Waals surface area contributed by atoms with E-state index in [9.17, 15) is 0 Å². The van der Waals surface area contributed by atoms with Crippen LogP contribution in [0.5, 0.6) is 0 Å². The lowest BCUT2D eigenvalue weighted by Crippen LogP contribution is -2.51. The van der Waals surface area contributed by atoms with Crippen LogP contribution >= 0.6 is 0 Å². The molecule has 9 aromatic carbocycles. The van der Waals surface area contributed by atoms with Crippen LogP contribution in [0.25, 0.3) is 98.8 Å². The second-order valence-electron chi connectivity index (χ2n) is 22.5. The molecule has 0 aliphatic carbocycles. The van der Waals surface area contributed by atoms with Gasteiger partial charge in [-0.2, -0.15) is 0 Å². The predicted octanol–water partition coefficient (Wildman–Crippen LogP) is -26.3. The lowest BCUT2D eigenvalue weighted by Gasteiger charge is -2.33. The molecule has 0 saturated carbocycles. The second-order valence-corrected chi connectivity index (χ2v) is 22.5. The van der Waals surface area contributed by atoms with Gasteiger partial charge in [0.25, 0.3) is 0 Å². The Morgan fingerprint density at radius 1 is 0.208 bits per heavy atom. The van der Waals surface area contributed by atoms with Crippen molar-refractivity contribution in [3.8, 4) is 44.5 Å². The van der Waals surface area contributed by atoms with E-state index in [1.54, 1.807) is 0 Å². The number of hydrogen-bond acceptors (Lipinski definition) is 1. The number of furan rings is 1. The molecule has 0 N–H and O–H groups in total. The van der Waals surface area contributed by atoms with Crippen LogP contribution in [-0.2, 0) is 0 Å². The lowest BCUT2D eigenvalue weighted by atomic mass is 9.55. The van der Waals surface area contributed by atoms with Gasteiger partial charge in [-0.1, -0.05) is 135 Å². The van der Waals surface area contributed by atoms with Gasteiger partial charge in [0.1, 0.15) is 192 Å². The summed E-state index contributed by atoms with van der Waals surface area (Å²) in [4.78, 5) is 0. The number of fused-ring (bicyclic) bond motifs is 6. The quantitative estimate of drug-likeness (QED) is 0.127. The van der Waals surface area contributed by atoms with Crippen LogP contribution < -0.4 is 126 Å². The van der Waals surface area contributed by atoms with Crippen molar-refractivity contribution in [2.45, 2.75) is 0 Å². The van der Waals surface area contributed by atoms with E-state index in [4.69, 9.17) is 4.42 Å². The largest absolute Gasteiger partial charge is 0.457 e. The van der Waals surface area contributed by atoms with Gasteiger partial charge in [0.05, 0.1) is 0 Å². The van der Waals surface area contributed by atoms with Crippen molar-refractivity contribution in [3.63, 3.8) is 0 Å². The molecule has 0 amide bonds. The van der Waals surface area contributed by atoms with Crippen LogP contribution in [0.15, 0.2) is 46.9 Å². The summed E-state index contributed by atoms with van der Waals surface area (Å²) in [6.07, 6.45) is 0. The fourth-order valence-corrected chi connectivity index (χ4v) is 14.0. The molecule has 0 unspecified atom stereocenters. The lowest BCUT2D eigenvalue weighted by molar-refractivity contribution is 0.675. The van der Waals surface area contributed by atoms with Gasteiger partial charge in [0, 0.05) is 10.8 Å². The third kappa shape index (κ3) is 6.67. The number of rotatable bonds is 4. The SMILES string of the molecule is Bc1c(B)c(-c2cccc3ccccc23)c(B)c(-c2c3c(B)c(B)c(B)c(B)c3c(-c3c(B)c(B)c(-c4c(B)c(B)c5oc6c(B)c(B)c(B)c(B)c6c5c4B)c(B)c3B)c3c(B)c(B)c(B)c(B)c23)c1B. The molecule has 320 valence electrons. The van der Waals surface area contributed by atoms with E-state index < -0.39 is 0 Å². The average molecular weight is 895 g/mol. The monoisotopic (exact) mass is 899 g/mol. The molecular weight excluding hydrogens is 841 g/mol. The molecule has 1 heterocycles. The van der Waals surface area contributed by atoms with Crippen molar-refractivity contribution >= 4 is 360 Å². The van der Waals surface area contributed by atoms with Crippen molar-refractivity contribution in [3.05, 3.63) is 42.5 Å². The molecule has 10 rings (SSSR count). The first-order chi connectivity index (χ1) is 33.9. The van der Waals surface area contributed by atoms with E-state index >= 15 is 0 Å². The van der Waals surface area contributed by atoms with Crippen molar-refractivity contribution < 1.29 is 4.42 Å². The molecule has 0 spiro atoms. The third-order valence-corrected chi connectivity index (χ3v) is 19.8. The van der Waals surface area contributed by atoms with E-state index in [1.165, 1.54) is 213 Å². The van der Waals surface area contributed by atoms with E-state index in [0.717, 1.165) is 11.2 Å². The Labute approximate surface area is 448 Å². The minimum atomic E-state index is 1.03. The summed E-state index contributed by atoms with van der Waals surface area (Å²) in [6, 6.07) is 15.8. The number of hydrogen-bond donors (Lipinski definition) is 0. The molecule has 24 heteroatoms. The van der Waals surface area contributed by atoms with Gasteiger partial charge in [-0.25, -0.2) is 0 Å². The first kappa shape index (κ1) is 50.6. The van der Waals surface area contributed by atoms with Crippen molar-refractivity contribution in [1.82, 2.24) is 0 Å². The molecule has 1 aromatic heterocycles. The summed E-state index contributed by atoms with van der Waals surface area (Å²) in [5, 5.41) is 10.7. The summed E-state index contributed by atoms with van der Waals surface area (Å²) in [7, 11) is 54.3. The highest BCUT2D eigenvalue weighted by atomic mass is 16.3. The van der Waals surface area contributed by atoms with Crippen LogP contribution in [-0.4, -0.2) is 180 Å². The molecule has 0 saturated heterocycles. The van der Waals surface area contributed by atoms with Crippen LogP contribution in [0.4, 0.5) is 0 Å². The zero-order valence-electron chi connectivity index (χ0n) is 47.9. The summed E-state index contributed by atoms with van der Waals surface area (Å²) in [5.74, 6) is 0. The maximum Gasteiger partial charge on any atom is 0.143 e. The van der Waals surface area contributed by atoms with Crippen LogP contribution in [0, 0.1) is 0 Å². The molecule has 0 fully saturated rings. The van der Waals surface area contributed by atoms with E-state index in [1.807, 2.05) is 0 Å². The minimum Gasteiger partial charge on any atom is -0.457 e. The zero-order valence-corrected chi connectivity index (χ0v) is 47.9. The first-order valence-electron chi connectivity index (χ1n) is 26.5. The van der Waals surface area contributed by atoms with E-state index in [-0.39, 0.29) is 0 Å². The average Bonchev–Trinajstić information content (AvgIpc) is 3.78. The van der Waals surface area contributed by atoms with Gasteiger partial charge in [-0.15, -0.1) is 32.8 Å². The van der Waals surface area contributed by atoms with Gasteiger partial charge in [0.15, 0.2) is 0 Å². The topological polar surface area (TPSA) is 13.1 Å². The molecule has 0 bridgehead atoms. The van der Waals surface area contributed by atoms with Gasteiger partial charge in [-0.05, 0) is 76.8 Å². The smallest absolute Gasteiger partial charge is 0.143 e. The Balaban J connectivity index is 1.40. The van der Waals surface area contributed by atoms with Crippen molar-refractivity contribution in [1.29, 1.82) is 0 Å². The summed E-state index contributed by atoms with van der Waals surface area (Å²) in [6.45, 7) is 0. The summed E-state index contributed by atoms with van der Waals surface area (Å²) >= 11 is 0. The van der Waals surface area contributed by atoms with Gasteiger partial charge in [-0.3, -0.25) is 0 Å². The Hall–Kier alpha value is -4.95. The van der Waals surface area contributed by atoms with Crippen LogP contribution in [0.3, 0.4) is 0 Å². The number of benzene rings is 9. The first-order valence-corrected chi connectivity index (χ1v) is 26.5. The highest BCUT2D eigenvalue weighted by Crippen LogP contribution is 2.40. The molecule has 0 radical (unpaired) electrons. The molecule has 10 aromatic rings.